The van der Waals surface area contributed by atoms with Crippen LogP contribution in [0.25, 0.3) is 0 Å². The first-order chi connectivity index (χ1) is 17.8. The zero-order valence-electron chi connectivity index (χ0n) is 22.2. The molecule has 2 rings (SSSR count). The second-order valence-corrected chi connectivity index (χ2v) is 10.1. The van der Waals surface area contributed by atoms with Crippen LogP contribution in [0.4, 0.5) is 17.6 Å². The number of unbranched alkanes of at least 4 members (excludes halogenated alkanes) is 13. The van der Waals surface area contributed by atoms with Crippen LogP contribution in [-0.2, 0) is 15.7 Å². The molecule has 1 aromatic rings. The van der Waals surface area contributed by atoms with Crippen LogP contribution in [0.1, 0.15) is 126 Å². The smallest absolute Gasteiger partial charge is 0.419 e. The van der Waals surface area contributed by atoms with E-state index in [2.05, 4.69) is 6.92 Å². The molecule has 0 aromatic heterocycles. The molecule has 1 atom stereocenters. The molecule has 4 nitrogen and oxygen atoms in total. The molecular formula is C29H43F4NO3. The largest absolute Gasteiger partial charge is 0.464 e. The minimum Gasteiger partial charge on any atom is -0.464 e. The molecule has 1 aliphatic rings. The summed E-state index contributed by atoms with van der Waals surface area (Å²) in [5.41, 5.74) is -2.17. The van der Waals surface area contributed by atoms with Crippen LogP contribution in [-0.4, -0.2) is 36.0 Å². The molecule has 0 spiro atoms. The monoisotopic (exact) mass is 529 g/mol. The van der Waals surface area contributed by atoms with Gasteiger partial charge in [0.25, 0.3) is 5.91 Å². The molecular weight excluding hydrogens is 486 g/mol. The molecule has 0 N–H and O–H groups in total. The van der Waals surface area contributed by atoms with E-state index in [0.29, 0.717) is 18.9 Å². The number of benzene rings is 1. The highest BCUT2D eigenvalue weighted by molar-refractivity contribution is 5.97. The number of likely N-dealkylation sites (tertiary alicyclic amines) is 1. The summed E-state index contributed by atoms with van der Waals surface area (Å²) in [6.07, 6.45) is 13.0. The number of esters is 1. The standard InChI is InChI=1S/C29H43F4NO3/c1-2-3-4-5-6-7-8-9-10-11-12-13-14-15-22-37-28(36)25-20-17-21-34(25)27(35)23-18-16-19-24(26(23)30)29(31,32)33/h16,18-19,25H,2-15,17,20-22H2,1H3. The lowest BCUT2D eigenvalue weighted by Gasteiger charge is -2.24. The van der Waals surface area contributed by atoms with Crippen molar-refractivity contribution >= 4 is 11.9 Å². The number of rotatable bonds is 17. The van der Waals surface area contributed by atoms with Gasteiger partial charge < -0.3 is 9.64 Å². The Hall–Kier alpha value is -2.12. The molecule has 0 bridgehead atoms. The molecule has 1 saturated heterocycles. The fourth-order valence-corrected chi connectivity index (χ4v) is 4.89. The molecule has 210 valence electrons. The minimum atomic E-state index is -4.91. The topological polar surface area (TPSA) is 46.6 Å². The van der Waals surface area contributed by atoms with E-state index in [1.165, 1.54) is 64.2 Å². The van der Waals surface area contributed by atoms with Gasteiger partial charge in [-0.3, -0.25) is 4.79 Å². The second kappa shape index (κ2) is 16.7. The van der Waals surface area contributed by atoms with Crippen LogP contribution in [0.2, 0.25) is 0 Å². The first kappa shape index (κ1) is 31.1. The van der Waals surface area contributed by atoms with Crippen molar-refractivity contribution in [3.63, 3.8) is 0 Å². The predicted octanol–water partition coefficient (Wildman–Crippen LogP) is 8.47. The van der Waals surface area contributed by atoms with Gasteiger partial charge in [-0.05, 0) is 31.4 Å². The van der Waals surface area contributed by atoms with E-state index < -0.39 is 41.0 Å². The third kappa shape index (κ3) is 10.6. The average molecular weight is 530 g/mol. The van der Waals surface area contributed by atoms with Gasteiger partial charge in [-0.25, -0.2) is 9.18 Å². The fraction of sp³-hybridized carbons (Fsp3) is 0.724. The van der Waals surface area contributed by atoms with Gasteiger partial charge >= 0.3 is 12.1 Å². The van der Waals surface area contributed by atoms with Crippen molar-refractivity contribution in [3.8, 4) is 0 Å². The maximum atomic E-state index is 14.4. The first-order valence-electron chi connectivity index (χ1n) is 14.1. The van der Waals surface area contributed by atoms with E-state index in [1.54, 1.807) is 0 Å². The van der Waals surface area contributed by atoms with Gasteiger partial charge in [0.05, 0.1) is 17.7 Å². The summed E-state index contributed by atoms with van der Waals surface area (Å²) in [6.45, 7) is 2.65. The van der Waals surface area contributed by atoms with Crippen LogP contribution < -0.4 is 0 Å². The second-order valence-electron chi connectivity index (χ2n) is 10.1. The molecule has 0 saturated carbocycles. The molecule has 8 heteroatoms. The van der Waals surface area contributed by atoms with E-state index in [4.69, 9.17) is 4.74 Å². The Morgan fingerprint density at radius 1 is 0.892 bits per heavy atom. The average Bonchev–Trinajstić information content (AvgIpc) is 3.35. The lowest BCUT2D eigenvalue weighted by Crippen LogP contribution is -2.42. The summed E-state index contributed by atoms with van der Waals surface area (Å²) < 4.78 is 58.8. The Balaban J connectivity index is 1.61. The van der Waals surface area contributed by atoms with Crippen LogP contribution in [0, 0.1) is 5.82 Å². The number of carbonyl (C=O) groups is 2. The quantitative estimate of drug-likeness (QED) is 0.115. The highest BCUT2D eigenvalue weighted by atomic mass is 19.4. The Kier molecular flexibility index (Phi) is 14.0. The Morgan fingerprint density at radius 2 is 1.43 bits per heavy atom. The van der Waals surface area contributed by atoms with Gasteiger partial charge in [-0.1, -0.05) is 96.5 Å². The number of hydrogen-bond acceptors (Lipinski definition) is 3. The number of ether oxygens (including phenoxy) is 1. The predicted molar refractivity (Wildman–Crippen MR) is 137 cm³/mol. The molecule has 1 aliphatic heterocycles. The van der Waals surface area contributed by atoms with Gasteiger partial charge in [-0.2, -0.15) is 13.2 Å². The van der Waals surface area contributed by atoms with Gasteiger partial charge in [0.15, 0.2) is 0 Å². The highest BCUT2D eigenvalue weighted by Crippen LogP contribution is 2.33. The molecule has 0 aliphatic carbocycles. The summed E-state index contributed by atoms with van der Waals surface area (Å²) in [7, 11) is 0. The molecule has 0 radical (unpaired) electrons. The van der Waals surface area contributed by atoms with Crippen molar-refractivity contribution in [1.82, 2.24) is 4.90 Å². The van der Waals surface area contributed by atoms with Gasteiger partial charge in [0.2, 0.25) is 0 Å². The van der Waals surface area contributed by atoms with Crippen molar-refractivity contribution in [2.24, 2.45) is 0 Å². The normalized spacial score (nSPS) is 15.8. The number of nitrogens with zero attached hydrogens (tertiary/aromatic N) is 1. The maximum Gasteiger partial charge on any atom is 0.419 e. The van der Waals surface area contributed by atoms with Crippen molar-refractivity contribution < 1.29 is 31.9 Å². The molecule has 1 unspecified atom stereocenters. The number of alkyl halides is 3. The van der Waals surface area contributed by atoms with Crippen LogP contribution in [0.15, 0.2) is 18.2 Å². The number of carbonyl (C=O) groups excluding carboxylic acids is 2. The third-order valence-electron chi connectivity index (χ3n) is 7.06. The Bertz CT molecular complexity index is 828. The zero-order valence-corrected chi connectivity index (χ0v) is 22.2. The third-order valence-corrected chi connectivity index (χ3v) is 7.06. The molecule has 1 aromatic carbocycles. The van der Waals surface area contributed by atoms with E-state index in [9.17, 15) is 27.2 Å². The molecule has 1 fully saturated rings. The van der Waals surface area contributed by atoms with E-state index in [0.717, 1.165) is 42.7 Å². The SMILES string of the molecule is CCCCCCCCCCCCCCCCOC(=O)C1CCCN1C(=O)c1cccc(C(F)(F)F)c1F. The van der Waals surface area contributed by atoms with Crippen molar-refractivity contribution in [1.29, 1.82) is 0 Å². The summed E-state index contributed by atoms with van der Waals surface area (Å²) in [4.78, 5) is 26.5. The Labute approximate surface area is 219 Å². The number of hydrogen-bond donors (Lipinski definition) is 0. The first-order valence-corrected chi connectivity index (χ1v) is 14.1. The molecule has 37 heavy (non-hydrogen) atoms. The zero-order chi connectivity index (χ0) is 27.1. The van der Waals surface area contributed by atoms with E-state index in [1.807, 2.05) is 0 Å². The summed E-state index contributed by atoms with van der Waals surface area (Å²) in [5, 5.41) is 0. The number of halogens is 4. The van der Waals surface area contributed by atoms with Gasteiger partial charge in [0, 0.05) is 6.54 Å². The maximum absolute atomic E-state index is 14.4. The lowest BCUT2D eigenvalue weighted by atomic mass is 10.0. The van der Waals surface area contributed by atoms with Crippen molar-refractivity contribution in [2.45, 2.75) is 122 Å². The summed E-state index contributed by atoms with van der Waals surface area (Å²) in [5.74, 6) is -3.10. The number of amides is 1. The fourth-order valence-electron chi connectivity index (χ4n) is 4.89. The highest BCUT2D eigenvalue weighted by Gasteiger charge is 2.39. The van der Waals surface area contributed by atoms with Crippen molar-refractivity contribution in [2.75, 3.05) is 13.2 Å². The van der Waals surface area contributed by atoms with Gasteiger partial charge in [-0.15, -0.1) is 0 Å². The van der Waals surface area contributed by atoms with E-state index in [-0.39, 0.29) is 13.2 Å². The van der Waals surface area contributed by atoms with Crippen LogP contribution >= 0.6 is 0 Å². The van der Waals surface area contributed by atoms with Gasteiger partial charge in [0.1, 0.15) is 11.9 Å². The summed E-state index contributed by atoms with van der Waals surface area (Å²) >= 11 is 0. The van der Waals surface area contributed by atoms with E-state index >= 15 is 0 Å². The minimum absolute atomic E-state index is 0.174. The van der Waals surface area contributed by atoms with Crippen LogP contribution in [0.3, 0.4) is 0 Å². The van der Waals surface area contributed by atoms with Crippen molar-refractivity contribution in [3.05, 3.63) is 35.1 Å². The molecule has 1 heterocycles. The Morgan fingerprint density at radius 3 is 1.97 bits per heavy atom. The van der Waals surface area contributed by atoms with Crippen LogP contribution in [0.5, 0.6) is 0 Å². The lowest BCUT2D eigenvalue weighted by molar-refractivity contribution is -0.148. The summed E-state index contributed by atoms with van der Waals surface area (Å²) in [6, 6.07) is 1.71. The molecule has 1 amide bonds.